The fraction of sp³-hybridized carbons (Fsp3) is 0.200. The molecule has 6 N–H and O–H groups in total. The molecule has 1 heterocycles. The van der Waals surface area contributed by atoms with Crippen molar-refractivity contribution < 1.29 is 42.1 Å². The number of pyridine rings is 1. The number of rotatable bonds is 9. The summed E-state index contributed by atoms with van der Waals surface area (Å²) in [6.07, 6.45) is -3.44. The zero-order valence-electron chi connectivity index (χ0n) is 23.9. The molecule has 2 amide bonds. The fourth-order valence-corrected chi connectivity index (χ4v) is 4.06. The number of nitrogen functional groups attached to an aromatic ring is 1. The second kappa shape index (κ2) is 14.6. The normalized spacial score (nSPS) is 11.4. The predicted molar refractivity (Wildman–Crippen MR) is 158 cm³/mol. The number of nitrogens with one attached hydrogen (secondary N) is 3. The minimum atomic E-state index is -5.08. The number of fused-ring (bicyclic) bond motifs is 1. The number of amides is 2. The molecular weight excluding hydrogens is 583 g/mol. The van der Waals surface area contributed by atoms with Crippen LogP contribution in [0.1, 0.15) is 24.1 Å². The van der Waals surface area contributed by atoms with E-state index < -0.39 is 18.2 Å². The van der Waals surface area contributed by atoms with Crippen LogP contribution in [0.25, 0.3) is 10.8 Å². The molecule has 4 rings (SSSR count). The molecule has 0 bridgehead atoms. The first-order valence-corrected chi connectivity index (χ1v) is 12.9. The van der Waals surface area contributed by atoms with Gasteiger partial charge in [0, 0.05) is 42.0 Å². The van der Waals surface area contributed by atoms with E-state index in [-0.39, 0.29) is 18.4 Å². The maximum Gasteiger partial charge on any atom is 0.490 e. The van der Waals surface area contributed by atoms with E-state index in [2.05, 4.69) is 20.9 Å². The summed E-state index contributed by atoms with van der Waals surface area (Å²) in [5, 5.41) is 17.9. The number of alkyl halides is 3. The molecule has 0 aliphatic carbocycles. The lowest BCUT2D eigenvalue weighted by molar-refractivity contribution is -0.192. The number of halogens is 3. The SMILES string of the molecule is COc1ccc(OC)c(C(Nc2ccc3c(N)nccc3c2)C(=O)NCc2cccc(NC(C)=O)c2)c1.O=C(O)C(F)(F)F. The lowest BCUT2D eigenvalue weighted by atomic mass is 10.0. The van der Waals surface area contributed by atoms with Crippen LogP contribution in [0.3, 0.4) is 0 Å². The van der Waals surface area contributed by atoms with Gasteiger partial charge in [-0.1, -0.05) is 12.1 Å². The molecule has 14 heteroatoms. The standard InChI is InChI=1S/C28H29N5O4.C2HF3O2/c1-17(34)32-20-6-4-5-18(13-20)16-31-28(35)26(24-15-22(36-2)8-10-25(24)37-3)33-21-7-9-23-19(14-21)11-12-30-27(23)29;3-2(4,5)1(6)7/h4-15,26,33H,16H2,1-3H3,(H2,29,30)(H,31,35)(H,32,34);(H,6,7). The number of aromatic nitrogens is 1. The summed E-state index contributed by atoms with van der Waals surface area (Å²) in [5.74, 6) is -1.62. The highest BCUT2D eigenvalue weighted by Crippen LogP contribution is 2.33. The van der Waals surface area contributed by atoms with Gasteiger partial charge in [0.1, 0.15) is 23.4 Å². The van der Waals surface area contributed by atoms with E-state index in [1.807, 2.05) is 42.5 Å². The summed E-state index contributed by atoms with van der Waals surface area (Å²) < 4.78 is 42.7. The van der Waals surface area contributed by atoms with Crippen LogP contribution in [-0.2, 0) is 20.9 Å². The number of carbonyl (C=O) groups excluding carboxylic acids is 2. The van der Waals surface area contributed by atoms with Crippen LogP contribution in [0, 0.1) is 0 Å². The van der Waals surface area contributed by atoms with E-state index in [1.165, 1.54) is 6.92 Å². The molecule has 232 valence electrons. The van der Waals surface area contributed by atoms with Gasteiger partial charge < -0.3 is 36.3 Å². The Morgan fingerprint density at radius 3 is 2.34 bits per heavy atom. The number of methoxy groups -OCH3 is 2. The molecule has 0 radical (unpaired) electrons. The van der Waals surface area contributed by atoms with E-state index in [0.29, 0.717) is 28.6 Å². The second-order valence-corrected chi connectivity index (χ2v) is 9.22. The van der Waals surface area contributed by atoms with Crippen molar-refractivity contribution in [3.05, 3.63) is 84.1 Å². The molecule has 1 unspecified atom stereocenters. The molecule has 0 aliphatic heterocycles. The zero-order chi connectivity index (χ0) is 32.4. The highest BCUT2D eigenvalue weighted by Gasteiger charge is 2.38. The molecule has 0 fully saturated rings. The highest BCUT2D eigenvalue weighted by molar-refractivity contribution is 5.94. The Morgan fingerprint density at radius 2 is 1.70 bits per heavy atom. The lowest BCUT2D eigenvalue weighted by Gasteiger charge is -2.23. The average molecular weight is 614 g/mol. The first-order chi connectivity index (χ1) is 20.8. The molecule has 0 saturated heterocycles. The third-order valence-corrected chi connectivity index (χ3v) is 6.07. The van der Waals surface area contributed by atoms with Gasteiger partial charge >= 0.3 is 12.1 Å². The van der Waals surface area contributed by atoms with Crippen molar-refractivity contribution in [3.8, 4) is 11.5 Å². The molecule has 3 aromatic carbocycles. The number of carbonyl (C=O) groups is 3. The largest absolute Gasteiger partial charge is 0.497 e. The monoisotopic (exact) mass is 613 g/mol. The van der Waals surface area contributed by atoms with Gasteiger partial charge in [-0.2, -0.15) is 13.2 Å². The lowest BCUT2D eigenvalue weighted by Crippen LogP contribution is -2.33. The second-order valence-electron chi connectivity index (χ2n) is 9.22. The number of benzene rings is 3. The number of anilines is 3. The van der Waals surface area contributed by atoms with Crippen LogP contribution in [0.15, 0.2) is 72.9 Å². The summed E-state index contributed by atoms with van der Waals surface area (Å²) in [7, 11) is 3.12. The molecule has 4 aromatic rings. The van der Waals surface area contributed by atoms with E-state index in [4.69, 9.17) is 25.1 Å². The Labute approximate surface area is 250 Å². The van der Waals surface area contributed by atoms with Crippen molar-refractivity contribution in [2.75, 3.05) is 30.6 Å². The molecule has 0 spiro atoms. The first-order valence-electron chi connectivity index (χ1n) is 12.9. The topological polar surface area (TPSA) is 165 Å². The number of carboxylic acid groups (broad SMARTS) is 1. The van der Waals surface area contributed by atoms with Gasteiger partial charge in [-0.3, -0.25) is 9.59 Å². The van der Waals surface area contributed by atoms with Crippen molar-refractivity contribution in [1.82, 2.24) is 10.3 Å². The van der Waals surface area contributed by atoms with Crippen molar-refractivity contribution in [2.45, 2.75) is 25.7 Å². The minimum absolute atomic E-state index is 0.163. The van der Waals surface area contributed by atoms with Crippen LogP contribution in [0.5, 0.6) is 11.5 Å². The summed E-state index contributed by atoms with van der Waals surface area (Å²) in [5.41, 5.74) is 8.83. The van der Waals surface area contributed by atoms with Crippen molar-refractivity contribution in [3.63, 3.8) is 0 Å². The van der Waals surface area contributed by atoms with E-state index in [1.54, 1.807) is 44.7 Å². The van der Waals surface area contributed by atoms with E-state index in [9.17, 15) is 22.8 Å². The number of hydrogen-bond acceptors (Lipinski definition) is 8. The highest BCUT2D eigenvalue weighted by atomic mass is 19.4. The number of ether oxygens (including phenoxy) is 2. The molecule has 0 saturated carbocycles. The molecule has 44 heavy (non-hydrogen) atoms. The summed E-state index contributed by atoms with van der Waals surface area (Å²) >= 11 is 0. The van der Waals surface area contributed by atoms with E-state index in [0.717, 1.165) is 22.0 Å². The number of hydrogen-bond donors (Lipinski definition) is 5. The average Bonchev–Trinajstić information content (AvgIpc) is 2.98. The number of carboxylic acids is 1. The van der Waals surface area contributed by atoms with Gasteiger partial charge in [0.25, 0.3) is 0 Å². The van der Waals surface area contributed by atoms with Crippen LogP contribution in [0.2, 0.25) is 0 Å². The van der Waals surface area contributed by atoms with Gasteiger partial charge in [-0.25, -0.2) is 9.78 Å². The van der Waals surface area contributed by atoms with Crippen molar-refractivity contribution in [2.24, 2.45) is 0 Å². The quantitative estimate of drug-likeness (QED) is 0.177. The van der Waals surface area contributed by atoms with Gasteiger partial charge in [0.05, 0.1) is 14.2 Å². The Bertz CT molecular complexity index is 1650. The van der Waals surface area contributed by atoms with Crippen LogP contribution >= 0.6 is 0 Å². The first kappa shape index (κ1) is 33.0. The van der Waals surface area contributed by atoms with E-state index >= 15 is 0 Å². The van der Waals surface area contributed by atoms with Crippen molar-refractivity contribution in [1.29, 1.82) is 0 Å². The smallest absolute Gasteiger partial charge is 0.490 e. The maximum atomic E-state index is 13.6. The third kappa shape index (κ3) is 8.98. The van der Waals surface area contributed by atoms with Crippen molar-refractivity contribution >= 4 is 45.7 Å². The summed E-state index contributed by atoms with van der Waals surface area (Å²) in [4.78, 5) is 38.0. The van der Waals surface area contributed by atoms with Gasteiger partial charge in [0.2, 0.25) is 11.8 Å². The maximum absolute atomic E-state index is 13.6. The number of nitrogens with zero attached hydrogens (tertiary/aromatic N) is 1. The Hall–Kier alpha value is -5.53. The van der Waals surface area contributed by atoms with Gasteiger partial charge in [0.15, 0.2) is 0 Å². The van der Waals surface area contributed by atoms with Crippen LogP contribution in [-0.4, -0.2) is 48.3 Å². The summed E-state index contributed by atoms with van der Waals surface area (Å²) in [6.45, 7) is 1.71. The third-order valence-electron chi connectivity index (χ3n) is 6.07. The number of nitrogens with two attached hydrogens (primary N) is 1. The number of aliphatic carboxylic acids is 1. The molecule has 1 aromatic heterocycles. The van der Waals surface area contributed by atoms with Gasteiger partial charge in [-0.15, -0.1) is 0 Å². The Kier molecular flexibility index (Phi) is 10.9. The zero-order valence-corrected chi connectivity index (χ0v) is 23.9. The molecule has 0 aliphatic rings. The molecule has 1 atom stereocenters. The van der Waals surface area contributed by atoms with Crippen LogP contribution in [0.4, 0.5) is 30.4 Å². The Morgan fingerprint density at radius 1 is 0.977 bits per heavy atom. The molecular formula is C30H30F3N5O6. The van der Waals surface area contributed by atoms with Gasteiger partial charge in [-0.05, 0) is 65.5 Å². The minimum Gasteiger partial charge on any atom is -0.497 e. The molecule has 11 nitrogen and oxygen atoms in total. The summed E-state index contributed by atoms with van der Waals surface area (Å²) in [6, 6.07) is 19.3. The fourth-order valence-electron chi connectivity index (χ4n) is 4.06. The predicted octanol–water partition coefficient (Wildman–Crippen LogP) is 4.90. The van der Waals surface area contributed by atoms with Crippen LogP contribution < -0.4 is 31.2 Å². The Balaban J connectivity index is 0.000000676.